The van der Waals surface area contributed by atoms with Crippen LogP contribution in [0.4, 0.5) is 0 Å². The van der Waals surface area contributed by atoms with Gasteiger partial charge in [-0.05, 0) is 32.9 Å². The van der Waals surface area contributed by atoms with Crippen molar-refractivity contribution < 1.29 is 34.3 Å². The molecule has 0 amide bonds. The molecule has 1 aliphatic carbocycles. The third kappa shape index (κ3) is 5.20. The van der Waals surface area contributed by atoms with Crippen LogP contribution in [-0.4, -0.2) is 102 Å². The number of hydrogen-bond acceptors (Lipinski definition) is 12. The van der Waals surface area contributed by atoms with Crippen molar-refractivity contribution in [3.8, 4) is 0 Å². The highest BCUT2D eigenvalue weighted by Crippen LogP contribution is 2.31. The van der Waals surface area contributed by atoms with Crippen LogP contribution in [0.15, 0.2) is 11.8 Å². The summed E-state index contributed by atoms with van der Waals surface area (Å²) in [5.74, 6) is 0.555. The largest absolute Gasteiger partial charge is 0.467 e. The normalized spacial score (nSPS) is 48.7. The highest BCUT2D eigenvalue weighted by molar-refractivity contribution is 5.04. The highest BCUT2D eigenvalue weighted by atomic mass is 16.7. The molecule has 0 bridgehead atoms. The van der Waals surface area contributed by atoms with Crippen LogP contribution < -0.4 is 28.3 Å². The van der Waals surface area contributed by atoms with E-state index in [1.54, 1.807) is 20.0 Å². The summed E-state index contributed by atoms with van der Waals surface area (Å²) in [6, 6.07) is -2.37. The second kappa shape index (κ2) is 9.93. The Bertz CT molecular complexity index is 639. The first-order valence-corrected chi connectivity index (χ1v) is 10.6. The van der Waals surface area contributed by atoms with Crippen molar-refractivity contribution in [3.05, 3.63) is 11.8 Å². The van der Waals surface area contributed by atoms with Crippen LogP contribution in [0, 0.1) is 0 Å². The Kier molecular flexibility index (Phi) is 7.92. The first-order valence-electron chi connectivity index (χ1n) is 10.6. The molecule has 12 nitrogen and oxygen atoms in total. The number of ether oxygens (including phenoxy) is 4. The van der Waals surface area contributed by atoms with Gasteiger partial charge in [-0.3, -0.25) is 0 Å². The van der Waals surface area contributed by atoms with Crippen LogP contribution in [0.1, 0.15) is 19.8 Å². The molecule has 2 heterocycles. The molecular weight excluding hydrogens is 410 g/mol. The number of nitrogens with two attached hydrogens (primary N) is 4. The van der Waals surface area contributed by atoms with Crippen LogP contribution in [0.2, 0.25) is 0 Å². The molecule has 1 saturated heterocycles. The quantitative estimate of drug-likeness (QED) is 0.196. The number of rotatable bonds is 6. The van der Waals surface area contributed by atoms with E-state index >= 15 is 0 Å². The summed E-state index contributed by atoms with van der Waals surface area (Å²) in [7, 11) is 1.62. The van der Waals surface area contributed by atoms with E-state index in [2.05, 4.69) is 5.32 Å². The van der Waals surface area contributed by atoms with Gasteiger partial charge in [0.05, 0.1) is 25.2 Å². The maximum Gasteiger partial charge on any atom is 0.215 e. The van der Waals surface area contributed by atoms with Gasteiger partial charge in [-0.2, -0.15) is 0 Å². The van der Waals surface area contributed by atoms with Gasteiger partial charge >= 0.3 is 0 Å². The summed E-state index contributed by atoms with van der Waals surface area (Å²) in [5, 5.41) is 34.9. The minimum atomic E-state index is -1.29. The number of nitrogens with one attached hydrogen (secondary N) is 1. The summed E-state index contributed by atoms with van der Waals surface area (Å²) in [6.07, 6.45) is -3.56. The number of likely N-dealkylation sites (N-methyl/N-ethyl adjacent to an activating group) is 1. The summed E-state index contributed by atoms with van der Waals surface area (Å²) in [6.45, 7) is 1.68. The Labute approximate surface area is 181 Å². The molecule has 2 fully saturated rings. The van der Waals surface area contributed by atoms with Crippen molar-refractivity contribution in [1.29, 1.82) is 0 Å². The van der Waals surface area contributed by atoms with Crippen LogP contribution in [-0.2, 0) is 18.9 Å². The lowest BCUT2D eigenvalue weighted by molar-refractivity contribution is -0.303. The first-order chi connectivity index (χ1) is 14.6. The highest BCUT2D eigenvalue weighted by Gasteiger charge is 2.50. The second-order valence-electron chi connectivity index (χ2n) is 8.81. The zero-order valence-corrected chi connectivity index (χ0v) is 18.0. The topological polar surface area (TPSA) is 214 Å². The molecule has 12 heteroatoms. The van der Waals surface area contributed by atoms with Crippen molar-refractivity contribution >= 4 is 0 Å². The fraction of sp³-hybridized carbons (Fsp3) is 0.895. The van der Waals surface area contributed by atoms with E-state index in [4.69, 9.17) is 41.9 Å². The number of aliphatic hydroxyl groups is 3. The molecule has 0 aromatic rings. The molecule has 6 unspecified atom stereocenters. The summed E-state index contributed by atoms with van der Waals surface area (Å²) < 4.78 is 23.1. The van der Waals surface area contributed by atoms with Gasteiger partial charge in [0.2, 0.25) is 6.29 Å². The van der Waals surface area contributed by atoms with Gasteiger partial charge in [-0.15, -0.1) is 0 Å². The average molecular weight is 448 g/mol. The molecule has 31 heavy (non-hydrogen) atoms. The molecule has 0 aromatic carbocycles. The predicted octanol–water partition coefficient (Wildman–Crippen LogP) is -3.85. The van der Waals surface area contributed by atoms with Gasteiger partial charge in [0.25, 0.3) is 0 Å². The lowest BCUT2D eigenvalue weighted by atomic mass is 9.84. The van der Waals surface area contributed by atoms with Crippen LogP contribution >= 0.6 is 0 Å². The minimum Gasteiger partial charge on any atom is -0.467 e. The van der Waals surface area contributed by atoms with Gasteiger partial charge in [0.1, 0.15) is 35.8 Å². The van der Waals surface area contributed by atoms with E-state index < -0.39 is 66.8 Å². The Morgan fingerprint density at radius 1 is 1.10 bits per heavy atom. The Balaban J connectivity index is 1.69. The second-order valence-corrected chi connectivity index (χ2v) is 8.81. The lowest BCUT2D eigenvalue weighted by Crippen LogP contribution is -2.68. The van der Waals surface area contributed by atoms with Crippen molar-refractivity contribution in [2.75, 3.05) is 20.2 Å². The standard InChI is InChI=1S/C19H37N5O7/c1-19(27)7-28-18(13(26)16(19)24-2)31-15-11(23)5-10(22)14(12(15)25)30-17-9(21)4-3-8(6-20)29-17/h3,9-18,24-27H,4-7,20-23H2,1-2H3/t9?,10-,11+,12?,13?,14+,15-,16?,17?,18?,19+/m1/s1. The first kappa shape index (κ1) is 24.7. The molecule has 3 aliphatic rings. The molecule has 0 radical (unpaired) electrons. The Morgan fingerprint density at radius 3 is 2.29 bits per heavy atom. The molecule has 12 N–H and O–H groups in total. The van der Waals surface area contributed by atoms with Gasteiger partial charge in [0.15, 0.2) is 6.29 Å². The number of hydrogen-bond donors (Lipinski definition) is 8. The predicted molar refractivity (Wildman–Crippen MR) is 110 cm³/mol. The van der Waals surface area contributed by atoms with E-state index in [0.717, 1.165) is 0 Å². The third-order valence-electron chi connectivity index (χ3n) is 6.22. The van der Waals surface area contributed by atoms with E-state index in [1.165, 1.54) is 0 Å². The van der Waals surface area contributed by atoms with Crippen LogP contribution in [0.25, 0.3) is 0 Å². The fourth-order valence-corrected chi connectivity index (χ4v) is 4.44. The van der Waals surface area contributed by atoms with E-state index in [0.29, 0.717) is 18.6 Å². The monoisotopic (exact) mass is 447 g/mol. The van der Waals surface area contributed by atoms with E-state index in [9.17, 15) is 15.3 Å². The zero-order chi connectivity index (χ0) is 22.9. The summed E-state index contributed by atoms with van der Waals surface area (Å²) in [4.78, 5) is 0. The van der Waals surface area contributed by atoms with Crippen molar-refractivity contribution in [3.63, 3.8) is 0 Å². The van der Waals surface area contributed by atoms with Crippen molar-refractivity contribution in [2.45, 2.75) is 86.5 Å². The molecule has 3 rings (SSSR count). The molecule has 180 valence electrons. The number of aliphatic hydroxyl groups excluding tert-OH is 2. The zero-order valence-electron chi connectivity index (χ0n) is 18.0. The smallest absolute Gasteiger partial charge is 0.215 e. The molecular formula is C19H37N5O7. The molecule has 0 spiro atoms. The van der Waals surface area contributed by atoms with E-state index in [-0.39, 0.29) is 13.2 Å². The van der Waals surface area contributed by atoms with Gasteiger partial charge in [0, 0.05) is 12.1 Å². The summed E-state index contributed by atoms with van der Waals surface area (Å²) in [5.41, 5.74) is 22.9. The van der Waals surface area contributed by atoms with Gasteiger partial charge in [-0.1, -0.05) is 0 Å². The SMILES string of the molecule is CNC1C(O)C(O[C@H]2C(O)[C@@H](OC3OC(CN)=CCC3N)[C@H](N)C[C@@H]2N)OC[C@]1(C)O. The van der Waals surface area contributed by atoms with Gasteiger partial charge in [-0.25, -0.2) is 0 Å². The third-order valence-corrected chi connectivity index (χ3v) is 6.22. The van der Waals surface area contributed by atoms with Crippen LogP contribution in [0.5, 0.6) is 0 Å². The molecule has 1 saturated carbocycles. The maximum absolute atomic E-state index is 11.0. The summed E-state index contributed by atoms with van der Waals surface area (Å²) >= 11 is 0. The fourth-order valence-electron chi connectivity index (χ4n) is 4.44. The molecule has 0 aromatic heterocycles. The Morgan fingerprint density at radius 2 is 1.71 bits per heavy atom. The van der Waals surface area contributed by atoms with Gasteiger partial charge < -0.3 is 62.5 Å². The molecule has 2 aliphatic heterocycles. The maximum atomic E-state index is 11.0. The Hall–Kier alpha value is -0.900. The molecule has 11 atom stereocenters. The lowest BCUT2D eigenvalue weighted by Gasteiger charge is -2.48. The van der Waals surface area contributed by atoms with Crippen LogP contribution in [0.3, 0.4) is 0 Å². The average Bonchev–Trinajstić information content (AvgIpc) is 2.71. The minimum absolute atomic E-state index is 0.0727. The van der Waals surface area contributed by atoms with Crippen molar-refractivity contribution in [1.82, 2.24) is 5.32 Å². The van der Waals surface area contributed by atoms with Crippen molar-refractivity contribution in [2.24, 2.45) is 22.9 Å². The van der Waals surface area contributed by atoms with E-state index in [1.807, 2.05) is 0 Å².